The van der Waals surface area contributed by atoms with Gasteiger partial charge in [-0.05, 0) is 59.7 Å². The van der Waals surface area contributed by atoms with Crippen LogP contribution < -0.4 is 4.74 Å². The third-order valence-corrected chi connectivity index (χ3v) is 7.11. The molecule has 2 aliphatic rings. The molecule has 5 heteroatoms. The number of carbonyl (C=O) groups excluding carboxylic acids is 2. The SMILES string of the molecule is CC(C)c1ccc([C@H]2C(=C(O)c3ccc4c(c3)C[C@@H](C)O4)C(=O)C(=O)N2CCc2ccccc2)cc1. The maximum Gasteiger partial charge on any atom is 0.295 e. The smallest absolute Gasteiger partial charge is 0.295 e. The van der Waals surface area contributed by atoms with Crippen LogP contribution in [0.25, 0.3) is 5.76 Å². The van der Waals surface area contributed by atoms with Gasteiger partial charge < -0.3 is 14.7 Å². The normalized spacial score (nSPS) is 20.6. The molecule has 36 heavy (non-hydrogen) atoms. The lowest BCUT2D eigenvalue weighted by Crippen LogP contribution is -2.31. The molecule has 0 spiro atoms. The number of Topliss-reactive ketones (excluding diaryl/α,β-unsaturated/α-hetero) is 1. The van der Waals surface area contributed by atoms with Gasteiger partial charge in [0.15, 0.2) is 0 Å². The van der Waals surface area contributed by atoms with Crippen LogP contribution in [0.15, 0.2) is 78.4 Å². The fraction of sp³-hybridized carbons (Fsp3) is 0.290. The van der Waals surface area contributed by atoms with Gasteiger partial charge in [0.1, 0.15) is 17.6 Å². The van der Waals surface area contributed by atoms with Crippen molar-refractivity contribution in [2.24, 2.45) is 0 Å². The Labute approximate surface area is 212 Å². The number of amides is 1. The number of ether oxygens (including phenoxy) is 1. The van der Waals surface area contributed by atoms with Crippen LogP contribution in [0.1, 0.15) is 60.5 Å². The van der Waals surface area contributed by atoms with Crippen LogP contribution in [0.4, 0.5) is 0 Å². The summed E-state index contributed by atoms with van der Waals surface area (Å²) in [5.74, 6) is -0.217. The van der Waals surface area contributed by atoms with Crippen molar-refractivity contribution >= 4 is 17.4 Å². The molecule has 0 aliphatic carbocycles. The van der Waals surface area contributed by atoms with Gasteiger partial charge in [0.25, 0.3) is 11.7 Å². The van der Waals surface area contributed by atoms with E-state index in [1.54, 1.807) is 11.0 Å². The second kappa shape index (κ2) is 9.65. The van der Waals surface area contributed by atoms with E-state index in [2.05, 4.69) is 13.8 Å². The van der Waals surface area contributed by atoms with Gasteiger partial charge in [-0.1, -0.05) is 68.4 Å². The number of benzene rings is 3. The van der Waals surface area contributed by atoms with E-state index in [9.17, 15) is 14.7 Å². The van der Waals surface area contributed by atoms with Crippen molar-refractivity contribution in [2.45, 2.75) is 51.7 Å². The molecule has 1 saturated heterocycles. The summed E-state index contributed by atoms with van der Waals surface area (Å²) in [6.07, 6.45) is 1.42. The number of aliphatic hydroxyl groups is 1. The van der Waals surface area contributed by atoms with Crippen LogP contribution in [0.5, 0.6) is 5.75 Å². The molecule has 0 unspecified atom stereocenters. The molecule has 1 N–H and O–H groups in total. The Morgan fingerprint density at radius 3 is 2.44 bits per heavy atom. The zero-order valence-electron chi connectivity index (χ0n) is 20.9. The predicted octanol–water partition coefficient (Wildman–Crippen LogP) is 5.80. The second-order valence-corrected chi connectivity index (χ2v) is 10.0. The van der Waals surface area contributed by atoms with Crippen LogP contribution in [-0.4, -0.2) is 34.3 Å². The second-order valence-electron chi connectivity index (χ2n) is 10.0. The van der Waals surface area contributed by atoms with E-state index in [1.165, 1.54) is 5.56 Å². The van der Waals surface area contributed by atoms with E-state index in [4.69, 9.17) is 4.74 Å². The first-order chi connectivity index (χ1) is 17.3. The van der Waals surface area contributed by atoms with E-state index < -0.39 is 17.7 Å². The molecule has 0 aromatic heterocycles. The highest BCUT2D eigenvalue weighted by Gasteiger charge is 2.46. The van der Waals surface area contributed by atoms with Crippen LogP contribution >= 0.6 is 0 Å². The van der Waals surface area contributed by atoms with Gasteiger partial charge in [-0.3, -0.25) is 9.59 Å². The number of carbonyl (C=O) groups is 2. The first-order valence-electron chi connectivity index (χ1n) is 12.6. The van der Waals surface area contributed by atoms with Crippen molar-refractivity contribution in [3.8, 4) is 5.75 Å². The number of likely N-dealkylation sites (tertiary alicyclic amines) is 1. The number of fused-ring (bicyclic) bond motifs is 1. The summed E-state index contributed by atoms with van der Waals surface area (Å²) in [6.45, 7) is 6.62. The molecular weight excluding hydrogens is 450 g/mol. The molecule has 5 rings (SSSR count). The van der Waals surface area contributed by atoms with Gasteiger partial charge in [-0.25, -0.2) is 0 Å². The number of rotatable bonds is 6. The van der Waals surface area contributed by atoms with Gasteiger partial charge in [-0.2, -0.15) is 0 Å². The van der Waals surface area contributed by atoms with Crippen molar-refractivity contribution in [3.05, 3.63) is 106 Å². The average Bonchev–Trinajstić information content (AvgIpc) is 3.38. The van der Waals surface area contributed by atoms with E-state index in [0.29, 0.717) is 24.4 Å². The summed E-state index contributed by atoms with van der Waals surface area (Å²) in [7, 11) is 0. The molecule has 0 radical (unpaired) electrons. The van der Waals surface area contributed by atoms with Crippen LogP contribution in [0, 0.1) is 0 Å². The molecule has 0 saturated carbocycles. The maximum atomic E-state index is 13.4. The quantitative estimate of drug-likeness (QED) is 0.275. The molecule has 0 bridgehead atoms. The van der Waals surface area contributed by atoms with Crippen LogP contribution in [-0.2, 0) is 22.4 Å². The summed E-state index contributed by atoms with van der Waals surface area (Å²) in [6, 6.07) is 22.7. The lowest BCUT2D eigenvalue weighted by atomic mass is 9.92. The molecule has 5 nitrogen and oxygen atoms in total. The standard InChI is InChI=1S/C31H31NO4/c1-19(2)22-9-11-23(12-10-22)28-27(29(33)24-13-14-26-25(18-24)17-20(3)36-26)30(34)31(35)32(28)16-15-21-7-5-4-6-8-21/h4-14,18-20,28,33H,15-17H2,1-3H3/t20-,28+/m1/s1. The van der Waals surface area contributed by atoms with Gasteiger partial charge in [0, 0.05) is 18.5 Å². The van der Waals surface area contributed by atoms with Gasteiger partial charge in [-0.15, -0.1) is 0 Å². The lowest BCUT2D eigenvalue weighted by Gasteiger charge is -2.26. The first-order valence-corrected chi connectivity index (χ1v) is 12.6. The largest absolute Gasteiger partial charge is 0.507 e. The zero-order chi connectivity index (χ0) is 25.4. The number of aliphatic hydroxyl groups excluding tert-OH is 1. The van der Waals surface area contributed by atoms with Gasteiger partial charge in [0.05, 0.1) is 11.6 Å². The molecule has 3 aromatic carbocycles. The van der Waals surface area contributed by atoms with E-state index in [-0.39, 0.29) is 17.4 Å². The minimum Gasteiger partial charge on any atom is -0.507 e. The highest BCUT2D eigenvalue weighted by atomic mass is 16.5. The molecule has 3 aromatic rings. The highest BCUT2D eigenvalue weighted by molar-refractivity contribution is 6.46. The van der Waals surface area contributed by atoms with Crippen molar-refractivity contribution in [1.82, 2.24) is 4.90 Å². The van der Waals surface area contributed by atoms with E-state index >= 15 is 0 Å². The summed E-state index contributed by atoms with van der Waals surface area (Å²) < 4.78 is 5.79. The van der Waals surface area contributed by atoms with Crippen LogP contribution in [0.3, 0.4) is 0 Å². The predicted molar refractivity (Wildman–Crippen MR) is 140 cm³/mol. The topological polar surface area (TPSA) is 66.8 Å². The third kappa shape index (κ3) is 4.41. The Kier molecular flexibility index (Phi) is 6.40. The molecule has 2 aliphatic heterocycles. The fourth-order valence-electron chi connectivity index (χ4n) is 5.14. The van der Waals surface area contributed by atoms with Crippen molar-refractivity contribution in [3.63, 3.8) is 0 Å². The summed E-state index contributed by atoms with van der Waals surface area (Å²) in [5, 5.41) is 11.4. The van der Waals surface area contributed by atoms with Gasteiger partial charge in [0.2, 0.25) is 0 Å². The summed E-state index contributed by atoms with van der Waals surface area (Å²) >= 11 is 0. The monoisotopic (exact) mass is 481 g/mol. The minimum absolute atomic E-state index is 0.0698. The molecule has 2 atom stereocenters. The molecule has 2 heterocycles. The minimum atomic E-state index is -0.654. The Morgan fingerprint density at radius 1 is 1.03 bits per heavy atom. The Balaban J connectivity index is 1.57. The van der Waals surface area contributed by atoms with Gasteiger partial charge >= 0.3 is 0 Å². The average molecular weight is 482 g/mol. The third-order valence-electron chi connectivity index (χ3n) is 7.11. The lowest BCUT2D eigenvalue weighted by molar-refractivity contribution is -0.139. The molecular formula is C31H31NO4. The first kappa shape index (κ1) is 23.9. The van der Waals surface area contributed by atoms with Crippen molar-refractivity contribution < 1.29 is 19.4 Å². The fourth-order valence-corrected chi connectivity index (χ4v) is 5.14. The molecule has 1 fully saturated rings. The van der Waals surface area contributed by atoms with Crippen LogP contribution in [0.2, 0.25) is 0 Å². The van der Waals surface area contributed by atoms with E-state index in [0.717, 1.165) is 28.9 Å². The Morgan fingerprint density at radius 2 is 1.75 bits per heavy atom. The molecule has 1 amide bonds. The highest BCUT2D eigenvalue weighted by Crippen LogP contribution is 2.41. The number of hydrogen-bond acceptors (Lipinski definition) is 4. The maximum absolute atomic E-state index is 13.4. The van der Waals surface area contributed by atoms with Crippen molar-refractivity contribution in [2.75, 3.05) is 6.54 Å². The number of hydrogen-bond donors (Lipinski definition) is 1. The number of nitrogens with zero attached hydrogens (tertiary/aromatic N) is 1. The summed E-state index contributed by atoms with van der Waals surface area (Å²) in [4.78, 5) is 28.2. The zero-order valence-corrected chi connectivity index (χ0v) is 20.9. The number of ketones is 1. The van der Waals surface area contributed by atoms with Crippen molar-refractivity contribution in [1.29, 1.82) is 0 Å². The molecule has 184 valence electrons. The Bertz CT molecular complexity index is 1320. The summed E-state index contributed by atoms with van der Waals surface area (Å²) in [5.41, 5.74) is 4.72. The van der Waals surface area contributed by atoms with E-state index in [1.807, 2.05) is 73.7 Å². The Hall–Kier alpha value is -3.86.